The van der Waals surface area contributed by atoms with Crippen molar-refractivity contribution in [3.63, 3.8) is 0 Å². The zero-order valence-corrected chi connectivity index (χ0v) is 61.0. The molecule has 3 heterocycles. The molecule has 0 saturated carbocycles. The average molecular weight is 1310 g/mol. The van der Waals surface area contributed by atoms with Crippen molar-refractivity contribution in [2.24, 2.45) is 0 Å². The van der Waals surface area contributed by atoms with Crippen LogP contribution in [0.4, 0.5) is 31.4 Å². The molecule has 3 aliphatic rings. The van der Waals surface area contributed by atoms with Crippen LogP contribution in [0.1, 0.15) is 197 Å². The van der Waals surface area contributed by atoms with E-state index in [1.807, 2.05) is 158 Å². The Balaban J connectivity index is 0.000000288. The van der Waals surface area contributed by atoms with E-state index < -0.39 is 16.8 Å². The summed E-state index contributed by atoms with van der Waals surface area (Å²) in [5, 5.41) is 2.11. The van der Waals surface area contributed by atoms with Crippen LogP contribution in [0, 0.1) is 20.8 Å². The third-order valence-corrected chi connectivity index (χ3v) is 17.3. The van der Waals surface area contributed by atoms with Crippen molar-refractivity contribution in [2.45, 2.75) is 219 Å². The lowest BCUT2D eigenvalue weighted by Gasteiger charge is -2.40. The Hall–Kier alpha value is -5.85. The zero-order chi connectivity index (χ0) is 68.4. The number of benzene rings is 3. The first-order chi connectivity index (χ1) is 41.4. The van der Waals surface area contributed by atoms with Gasteiger partial charge in [-0.2, -0.15) is 0 Å². The molecule has 1 unspecified atom stereocenters. The maximum Gasteiger partial charge on any atom is 0.410 e. The van der Waals surface area contributed by atoms with E-state index in [0.717, 1.165) is 50.4 Å². The van der Waals surface area contributed by atoms with E-state index in [4.69, 9.17) is 49.0 Å². The van der Waals surface area contributed by atoms with Gasteiger partial charge in [0.15, 0.2) is 0 Å². The summed E-state index contributed by atoms with van der Waals surface area (Å²) in [6.07, 6.45) is -0.833. The van der Waals surface area contributed by atoms with Gasteiger partial charge in [-0.3, -0.25) is 14.4 Å². The summed E-state index contributed by atoms with van der Waals surface area (Å²) in [7, 11) is 0. The van der Waals surface area contributed by atoms with Crippen LogP contribution in [-0.2, 0) is 28.6 Å². The first-order valence-electron chi connectivity index (χ1n) is 31.9. The fourth-order valence-electron chi connectivity index (χ4n) is 12.0. The van der Waals surface area contributed by atoms with Gasteiger partial charge >= 0.3 is 18.3 Å². The molecule has 504 valence electrons. The number of ether oxygens (including phenoxy) is 3. The predicted molar refractivity (Wildman–Crippen MR) is 367 cm³/mol. The standard InChI is InChI=1S/3C23H36ClN3O3/c3*1-15(2)27(18(5)28)17(4)19-13-16(3)20(24)14-21(19)25-9-11-26(12-10-25)22(29)30-23(6,7)8/h3*13-15,17H,9-12H2,1-8H3/t2*17-;/m10./s1. The summed E-state index contributed by atoms with van der Waals surface area (Å²) >= 11 is 19.4. The van der Waals surface area contributed by atoms with Crippen molar-refractivity contribution in [1.29, 1.82) is 0 Å². The molecule has 0 bridgehead atoms. The molecule has 3 aromatic carbocycles. The number of hydrogen-bond donors (Lipinski definition) is 0. The molecule has 0 spiro atoms. The van der Waals surface area contributed by atoms with Crippen LogP contribution < -0.4 is 14.7 Å². The molecule has 0 aliphatic carbocycles. The molecule has 21 heteroatoms. The lowest BCUT2D eigenvalue weighted by Crippen LogP contribution is -2.50. The van der Waals surface area contributed by atoms with Gasteiger partial charge in [-0.15, -0.1) is 0 Å². The summed E-state index contributed by atoms with van der Waals surface area (Å²) in [4.78, 5) is 91.7. The lowest BCUT2D eigenvalue weighted by atomic mass is 9.99. The highest BCUT2D eigenvalue weighted by atomic mass is 35.5. The first-order valence-corrected chi connectivity index (χ1v) is 33.0. The monoisotopic (exact) mass is 1310 g/mol. The molecule has 3 saturated heterocycles. The van der Waals surface area contributed by atoms with E-state index in [1.165, 1.54) is 0 Å². The Morgan fingerprint density at radius 1 is 0.367 bits per heavy atom. The highest BCUT2D eigenvalue weighted by Crippen LogP contribution is 2.40. The molecule has 90 heavy (non-hydrogen) atoms. The van der Waals surface area contributed by atoms with Gasteiger partial charge < -0.3 is 58.3 Å². The van der Waals surface area contributed by atoms with Gasteiger partial charge in [0.25, 0.3) is 0 Å². The van der Waals surface area contributed by atoms with Crippen molar-refractivity contribution in [3.8, 4) is 0 Å². The molecule has 3 aromatic rings. The summed E-state index contributed by atoms with van der Waals surface area (Å²) in [5.74, 6) is 0.141. The predicted octanol–water partition coefficient (Wildman–Crippen LogP) is 15.1. The van der Waals surface area contributed by atoms with Gasteiger partial charge in [-0.25, -0.2) is 14.4 Å². The largest absolute Gasteiger partial charge is 0.444 e. The third-order valence-electron chi connectivity index (χ3n) is 16.1. The number of aryl methyl sites for hydroxylation is 3. The van der Waals surface area contributed by atoms with Crippen LogP contribution in [0.25, 0.3) is 0 Å². The highest BCUT2D eigenvalue weighted by molar-refractivity contribution is 6.32. The van der Waals surface area contributed by atoms with Crippen molar-refractivity contribution in [2.75, 3.05) is 93.2 Å². The molecular weight excluding hydrogens is 1210 g/mol. The molecule has 0 radical (unpaired) electrons. The minimum atomic E-state index is -0.506. The minimum absolute atomic E-state index is 0.0470. The minimum Gasteiger partial charge on any atom is -0.444 e. The smallest absolute Gasteiger partial charge is 0.410 e. The third kappa shape index (κ3) is 21.4. The Bertz CT molecular complexity index is 2650. The van der Waals surface area contributed by atoms with Gasteiger partial charge in [-0.05, 0) is 197 Å². The summed E-state index contributed by atoms with van der Waals surface area (Å²) in [5.41, 5.74) is 7.74. The molecule has 6 rings (SSSR count). The van der Waals surface area contributed by atoms with Crippen molar-refractivity contribution in [3.05, 3.63) is 84.8 Å². The van der Waals surface area contributed by atoms with E-state index in [2.05, 4.69) is 53.7 Å². The van der Waals surface area contributed by atoms with Gasteiger partial charge in [0.1, 0.15) is 16.8 Å². The van der Waals surface area contributed by atoms with Gasteiger partial charge in [-0.1, -0.05) is 53.0 Å². The number of piperazine rings is 3. The second kappa shape index (κ2) is 32.1. The number of halogens is 3. The number of hydrogen-bond acceptors (Lipinski definition) is 12. The molecule has 3 atom stereocenters. The van der Waals surface area contributed by atoms with E-state index >= 15 is 0 Å². The molecule has 0 aromatic heterocycles. The fourth-order valence-corrected chi connectivity index (χ4v) is 12.4. The normalized spacial score (nSPS) is 15.9. The number of carbonyl (C=O) groups excluding carboxylic acids is 6. The van der Waals surface area contributed by atoms with Crippen molar-refractivity contribution in [1.82, 2.24) is 29.4 Å². The van der Waals surface area contributed by atoms with Crippen molar-refractivity contribution >= 4 is 87.9 Å². The van der Waals surface area contributed by atoms with Crippen LogP contribution in [0.3, 0.4) is 0 Å². The second-order valence-electron chi connectivity index (χ2n) is 27.9. The van der Waals surface area contributed by atoms with Crippen LogP contribution in [0.5, 0.6) is 0 Å². The van der Waals surface area contributed by atoms with Gasteiger partial charge in [0, 0.05) is 150 Å². The second-order valence-corrected chi connectivity index (χ2v) is 29.2. The number of nitrogens with zero attached hydrogens (tertiary/aromatic N) is 9. The van der Waals surface area contributed by atoms with E-state index in [9.17, 15) is 28.8 Å². The van der Waals surface area contributed by atoms with Crippen LogP contribution in [0.15, 0.2) is 36.4 Å². The SMILES string of the molecule is CC(=O)N(C(C)C)C(C)c1cc(C)c(Cl)cc1N1CCN(C(=O)OC(C)(C)C)CC1.CC(=O)N(C(C)C)[C@@H](C)c1cc(C)c(Cl)cc1N1CCN(C(=O)OC(C)(C)C)CC1.CC(=O)N(C(C)C)[C@H](C)c1cc(C)c(Cl)cc1N1CCN(C(=O)OC(C)(C)C)CC1. The molecule has 18 nitrogen and oxygen atoms in total. The number of rotatable bonds is 12. The molecular formula is C69H108Cl3N9O9. The Morgan fingerprint density at radius 2 is 0.556 bits per heavy atom. The van der Waals surface area contributed by atoms with E-state index in [0.29, 0.717) is 93.6 Å². The van der Waals surface area contributed by atoms with E-state index in [-0.39, 0.29) is 72.3 Å². The maximum absolute atomic E-state index is 12.4. The lowest BCUT2D eigenvalue weighted by molar-refractivity contribution is -0.133. The van der Waals surface area contributed by atoms with Gasteiger partial charge in [0.05, 0.1) is 18.1 Å². The van der Waals surface area contributed by atoms with Crippen molar-refractivity contribution < 1.29 is 43.0 Å². The Kier molecular flexibility index (Phi) is 27.3. The molecule has 3 aliphatic heterocycles. The van der Waals surface area contributed by atoms with Crippen LogP contribution >= 0.6 is 34.8 Å². The summed E-state index contributed by atoms with van der Waals surface area (Å²) in [6, 6.07) is 12.2. The number of anilines is 3. The quantitative estimate of drug-likeness (QED) is 0.158. The zero-order valence-electron chi connectivity index (χ0n) is 58.7. The van der Waals surface area contributed by atoms with Crippen LogP contribution in [-0.4, -0.2) is 179 Å². The van der Waals surface area contributed by atoms with Crippen LogP contribution in [0.2, 0.25) is 15.1 Å². The first kappa shape index (κ1) is 76.6. The fraction of sp³-hybridized carbons (Fsp3) is 0.652. The Morgan fingerprint density at radius 3 is 0.711 bits per heavy atom. The summed E-state index contributed by atoms with van der Waals surface area (Å²) in [6.45, 7) is 53.5. The number of amides is 6. The highest BCUT2D eigenvalue weighted by Gasteiger charge is 2.34. The van der Waals surface area contributed by atoms with E-state index in [1.54, 1.807) is 35.5 Å². The molecule has 6 amide bonds. The number of carbonyl (C=O) groups is 6. The Labute approximate surface area is 554 Å². The topological polar surface area (TPSA) is 159 Å². The molecule has 3 fully saturated rings. The summed E-state index contributed by atoms with van der Waals surface area (Å²) < 4.78 is 16.5. The van der Waals surface area contributed by atoms with Gasteiger partial charge in [0.2, 0.25) is 17.7 Å². The maximum atomic E-state index is 12.4. The molecule has 0 N–H and O–H groups in total. The average Bonchev–Trinajstić information content (AvgIpc) is 0.881.